The second kappa shape index (κ2) is 9.98. The average molecular weight is 418 g/mol. The Bertz CT molecular complexity index is 1110. The first-order valence-corrected chi connectivity index (χ1v) is 10.9. The number of amides is 1. The Morgan fingerprint density at radius 1 is 1.03 bits per heavy atom. The van der Waals surface area contributed by atoms with Crippen molar-refractivity contribution in [3.05, 3.63) is 88.5 Å². The largest absolute Gasteiger partial charge is 0.491 e. The van der Waals surface area contributed by atoms with Gasteiger partial charge >= 0.3 is 0 Å². The molecule has 0 saturated carbocycles. The predicted octanol–water partition coefficient (Wildman–Crippen LogP) is 4.41. The fraction of sp³-hybridized carbons (Fsp3) is 0.208. The third-order valence-corrected chi connectivity index (χ3v) is 5.53. The summed E-state index contributed by atoms with van der Waals surface area (Å²) < 4.78 is 5.85. The van der Waals surface area contributed by atoms with Crippen molar-refractivity contribution in [1.82, 2.24) is 15.3 Å². The van der Waals surface area contributed by atoms with Crippen LogP contribution in [0.1, 0.15) is 22.7 Å². The van der Waals surface area contributed by atoms with E-state index in [4.69, 9.17) is 4.74 Å². The van der Waals surface area contributed by atoms with Crippen LogP contribution in [-0.4, -0.2) is 29.0 Å². The van der Waals surface area contributed by atoms with E-state index in [-0.39, 0.29) is 5.91 Å². The maximum absolute atomic E-state index is 12.2. The third-order valence-electron chi connectivity index (χ3n) is 4.64. The molecule has 1 amide bonds. The average Bonchev–Trinajstić information content (AvgIpc) is 3.21. The molecule has 0 aliphatic carbocycles. The molecule has 4 aromatic rings. The van der Waals surface area contributed by atoms with Gasteiger partial charge < -0.3 is 10.1 Å². The highest BCUT2D eigenvalue weighted by molar-refractivity contribution is 7.09. The molecule has 0 saturated heterocycles. The summed E-state index contributed by atoms with van der Waals surface area (Å²) >= 11 is 1.60. The molecule has 30 heavy (non-hydrogen) atoms. The van der Waals surface area contributed by atoms with E-state index in [9.17, 15) is 4.79 Å². The van der Waals surface area contributed by atoms with Crippen LogP contribution in [-0.2, 0) is 17.6 Å². The first-order valence-electron chi connectivity index (χ1n) is 9.98. The van der Waals surface area contributed by atoms with Gasteiger partial charge in [0, 0.05) is 29.9 Å². The summed E-state index contributed by atoms with van der Waals surface area (Å²) in [5, 5.41) is 6.99. The lowest BCUT2D eigenvalue weighted by atomic mass is 10.2. The highest BCUT2D eigenvalue weighted by Crippen LogP contribution is 2.22. The second-order valence-corrected chi connectivity index (χ2v) is 7.90. The molecule has 4 rings (SSSR count). The number of rotatable bonds is 9. The van der Waals surface area contributed by atoms with Crippen LogP contribution in [0.4, 0.5) is 0 Å². The van der Waals surface area contributed by atoms with Crippen LogP contribution in [0.2, 0.25) is 0 Å². The molecular weight excluding hydrogens is 394 g/mol. The van der Waals surface area contributed by atoms with E-state index in [1.54, 1.807) is 17.5 Å². The van der Waals surface area contributed by atoms with Crippen LogP contribution < -0.4 is 10.1 Å². The van der Waals surface area contributed by atoms with Crippen LogP contribution in [0.25, 0.3) is 10.9 Å². The molecule has 0 spiro atoms. The van der Waals surface area contributed by atoms with Crippen molar-refractivity contribution in [1.29, 1.82) is 0 Å². The zero-order valence-electron chi connectivity index (χ0n) is 16.6. The smallest absolute Gasteiger partial charge is 0.226 e. The van der Waals surface area contributed by atoms with E-state index < -0.39 is 0 Å². The summed E-state index contributed by atoms with van der Waals surface area (Å²) in [6, 6.07) is 20.0. The normalized spacial score (nSPS) is 10.8. The molecule has 152 valence electrons. The second-order valence-electron chi connectivity index (χ2n) is 6.95. The summed E-state index contributed by atoms with van der Waals surface area (Å²) in [7, 11) is 0. The van der Waals surface area contributed by atoms with Crippen molar-refractivity contribution in [3.63, 3.8) is 0 Å². The minimum atomic E-state index is -0.0154. The maximum atomic E-state index is 12.2. The quantitative estimate of drug-likeness (QED) is 0.410. The van der Waals surface area contributed by atoms with Gasteiger partial charge in [-0.1, -0.05) is 48.5 Å². The number of pyridine rings is 1. The summed E-state index contributed by atoms with van der Waals surface area (Å²) in [6.45, 7) is 1.09. The molecule has 2 aromatic heterocycles. The van der Waals surface area contributed by atoms with E-state index in [0.717, 1.165) is 40.2 Å². The van der Waals surface area contributed by atoms with E-state index in [1.807, 2.05) is 53.9 Å². The van der Waals surface area contributed by atoms with Gasteiger partial charge in [-0.05, 0) is 24.1 Å². The number of thiazole rings is 1. The van der Waals surface area contributed by atoms with Gasteiger partial charge in [-0.2, -0.15) is 0 Å². The zero-order chi connectivity index (χ0) is 20.6. The van der Waals surface area contributed by atoms with E-state index in [1.165, 1.54) is 5.56 Å². The standard InChI is InChI=1S/C24H23N3O2S/c28-22(16-20-17-30-23(27-20)15-18-7-2-1-3-8-18)25-13-6-14-29-21-11-4-9-19-10-5-12-26-24(19)21/h1-5,7-12,17H,6,13-16H2,(H,25,28). The zero-order valence-corrected chi connectivity index (χ0v) is 17.4. The molecular formula is C24H23N3O2S. The maximum Gasteiger partial charge on any atom is 0.226 e. The van der Waals surface area contributed by atoms with Gasteiger partial charge in [0.15, 0.2) is 0 Å². The lowest BCUT2D eigenvalue weighted by Gasteiger charge is -2.09. The Morgan fingerprint density at radius 3 is 2.80 bits per heavy atom. The van der Waals surface area contributed by atoms with Gasteiger partial charge in [0.1, 0.15) is 11.3 Å². The fourth-order valence-electron chi connectivity index (χ4n) is 3.18. The van der Waals surface area contributed by atoms with Gasteiger partial charge in [-0.15, -0.1) is 11.3 Å². The Balaban J connectivity index is 1.18. The van der Waals surface area contributed by atoms with Crippen molar-refractivity contribution in [2.45, 2.75) is 19.3 Å². The lowest BCUT2D eigenvalue weighted by Crippen LogP contribution is -2.27. The SMILES string of the molecule is O=C(Cc1csc(Cc2ccccc2)n1)NCCCOc1cccc2cccnc12. The highest BCUT2D eigenvalue weighted by atomic mass is 32.1. The van der Waals surface area contributed by atoms with Crippen LogP contribution in [0.15, 0.2) is 72.2 Å². The predicted molar refractivity (Wildman–Crippen MR) is 120 cm³/mol. The van der Waals surface area contributed by atoms with Gasteiger partial charge in [0.25, 0.3) is 0 Å². The van der Waals surface area contributed by atoms with Crippen molar-refractivity contribution in [3.8, 4) is 5.75 Å². The van der Waals surface area contributed by atoms with Gasteiger partial charge in [0.05, 0.1) is 23.7 Å². The molecule has 0 radical (unpaired) electrons. The van der Waals surface area contributed by atoms with E-state index in [2.05, 4.69) is 27.4 Å². The van der Waals surface area contributed by atoms with E-state index in [0.29, 0.717) is 19.6 Å². The number of fused-ring (bicyclic) bond motifs is 1. The van der Waals surface area contributed by atoms with E-state index >= 15 is 0 Å². The number of carbonyl (C=O) groups excluding carboxylic acids is 1. The first-order chi connectivity index (χ1) is 14.8. The van der Waals surface area contributed by atoms with Crippen molar-refractivity contribution in [2.75, 3.05) is 13.2 Å². The summed E-state index contributed by atoms with van der Waals surface area (Å²) in [4.78, 5) is 21.2. The molecule has 2 heterocycles. The summed E-state index contributed by atoms with van der Waals surface area (Å²) in [5.74, 6) is 0.756. The Hall–Kier alpha value is -3.25. The molecule has 5 nitrogen and oxygen atoms in total. The van der Waals surface area contributed by atoms with Crippen LogP contribution in [0.5, 0.6) is 5.75 Å². The summed E-state index contributed by atoms with van der Waals surface area (Å²) in [6.07, 6.45) is 3.59. The lowest BCUT2D eigenvalue weighted by molar-refractivity contribution is -0.120. The van der Waals surface area contributed by atoms with Gasteiger partial charge in [0.2, 0.25) is 5.91 Å². The molecule has 2 aromatic carbocycles. The molecule has 1 N–H and O–H groups in total. The number of carbonyl (C=O) groups is 1. The molecule has 6 heteroatoms. The molecule has 0 atom stereocenters. The molecule has 0 aliphatic heterocycles. The number of nitrogens with zero attached hydrogens (tertiary/aromatic N) is 2. The van der Waals surface area contributed by atoms with Crippen molar-refractivity contribution < 1.29 is 9.53 Å². The van der Waals surface area contributed by atoms with Crippen LogP contribution in [0, 0.1) is 0 Å². The van der Waals surface area contributed by atoms with Crippen LogP contribution in [0.3, 0.4) is 0 Å². The van der Waals surface area contributed by atoms with Crippen molar-refractivity contribution in [2.24, 2.45) is 0 Å². The number of benzene rings is 2. The minimum absolute atomic E-state index is 0.0154. The monoisotopic (exact) mass is 417 g/mol. The summed E-state index contributed by atoms with van der Waals surface area (Å²) in [5.41, 5.74) is 2.91. The Labute approximate surface area is 179 Å². The Morgan fingerprint density at radius 2 is 1.90 bits per heavy atom. The van der Waals surface area contributed by atoms with Gasteiger partial charge in [-0.3, -0.25) is 9.78 Å². The fourth-order valence-corrected chi connectivity index (χ4v) is 4.01. The third kappa shape index (κ3) is 5.42. The molecule has 0 unspecified atom stereocenters. The Kier molecular flexibility index (Phi) is 6.67. The number of nitrogens with one attached hydrogen (secondary N) is 1. The number of ether oxygens (including phenoxy) is 1. The number of para-hydroxylation sites is 1. The molecule has 0 fully saturated rings. The topological polar surface area (TPSA) is 64.1 Å². The van der Waals surface area contributed by atoms with Gasteiger partial charge in [-0.25, -0.2) is 4.98 Å². The molecule has 0 aliphatic rings. The van der Waals surface area contributed by atoms with Crippen LogP contribution >= 0.6 is 11.3 Å². The number of hydrogen-bond donors (Lipinski definition) is 1. The van der Waals surface area contributed by atoms with Crippen molar-refractivity contribution >= 4 is 28.1 Å². The number of hydrogen-bond acceptors (Lipinski definition) is 5. The number of aromatic nitrogens is 2. The molecule has 0 bridgehead atoms. The first kappa shape index (κ1) is 20.0. The minimum Gasteiger partial charge on any atom is -0.491 e. The highest BCUT2D eigenvalue weighted by Gasteiger charge is 2.08.